The fourth-order valence-electron chi connectivity index (χ4n) is 2.89. The SMILES string of the molecule is COc1ccc(F)cc1CN1C(=O)C[C@@](C)(c2ccsc2)C1=O. The lowest BCUT2D eigenvalue weighted by Gasteiger charge is -2.22. The molecule has 2 aromatic rings. The molecule has 0 N–H and O–H groups in total. The average Bonchev–Trinajstić information content (AvgIpc) is 3.12. The smallest absolute Gasteiger partial charge is 0.240 e. The van der Waals surface area contributed by atoms with Crippen molar-refractivity contribution in [1.82, 2.24) is 4.90 Å². The number of amides is 2. The van der Waals surface area contributed by atoms with E-state index in [4.69, 9.17) is 4.74 Å². The number of thiophene rings is 1. The molecule has 6 heteroatoms. The summed E-state index contributed by atoms with van der Waals surface area (Å²) >= 11 is 1.49. The van der Waals surface area contributed by atoms with Crippen LogP contribution < -0.4 is 4.74 Å². The Labute approximate surface area is 137 Å². The third-order valence-corrected chi connectivity index (χ3v) is 4.94. The topological polar surface area (TPSA) is 46.6 Å². The number of rotatable bonds is 4. The second-order valence-electron chi connectivity index (χ2n) is 5.76. The Bertz CT molecular complexity index is 759. The standard InChI is InChI=1S/C17H16FNO3S/c1-17(12-5-6-23-10-12)8-15(20)19(16(17)21)9-11-7-13(18)3-4-14(11)22-2/h3-7,10H,8-9H2,1-2H3/t17-/m0/s1. The number of hydrogen-bond donors (Lipinski definition) is 0. The van der Waals surface area contributed by atoms with E-state index in [0.717, 1.165) is 5.56 Å². The molecule has 1 saturated heterocycles. The van der Waals surface area contributed by atoms with Gasteiger partial charge in [-0.25, -0.2) is 4.39 Å². The Balaban J connectivity index is 1.91. The van der Waals surface area contributed by atoms with Gasteiger partial charge in [-0.05, 0) is 47.5 Å². The molecular weight excluding hydrogens is 317 g/mol. The van der Waals surface area contributed by atoms with E-state index in [1.807, 2.05) is 16.8 Å². The van der Waals surface area contributed by atoms with Crippen molar-refractivity contribution in [2.75, 3.05) is 7.11 Å². The summed E-state index contributed by atoms with van der Waals surface area (Å²) in [6.45, 7) is 1.79. The van der Waals surface area contributed by atoms with Crippen LogP contribution in [0.2, 0.25) is 0 Å². The quantitative estimate of drug-likeness (QED) is 0.808. The van der Waals surface area contributed by atoms with Gasteiger partial charge in [0.05, 0.1) is 19.1 Å². The number of imide groups is 1. The zero-order valence-electron chi connectivity index (χ0n) is 12.8. The Morgan fingerprint density at radius 1 is 1.35 bits per heavy atom. The molecule has 1 aliphatic heterocycles. The highest BCUT2D eigenvalue weighted by Crippen LogP contribution is 2.38. The van der Waals surface area contributed by atoms with Crippen molar-refractivity contribution in [2.24, 2.45) is 0 Å². The van der Waals surface area contributed by atoms with Crippen LogP contribution in [-0.2, 0) is 21.5 Å². The Hall–Kier alpha value is -2.21. The fraction of sp³-hybridized carbons (Fsp3) is 0.294. The summed E-state index contributed by atoms with van der Waals surface area (Å²) in [4.78, 5) is 26.3. The molecule has 1 aliphatic rings. The molecule has 3 rings (SSSR count). The van der Waals surface area contributed by atoms with Crippen molar-refractivity contribution in [1.29, 1.82) is 0 Å². The van der Waals surface area contributed by atoms with Gasteiger partial charge in [0.25, 0.3) is 0 Å². The third-order valence-electron chi connectivity index (χ3n) is 4.25. The van der Waals surface area contributed by atoms with Gasteiger partial charge in [0.2, 0.25) is 11.8 Å². The largest absolute Gasteiger partial charge is 0.496 e. The van der Waals surface area contributed by atoms with Gasteiger partial charge in [0.1, 0.15) is 11.6 Å². The first-order chi connectivity index (χ1) is 11.0. The van der Waals surface area contributed by atoms with Crippen LogP contribution in [0, 0.1) is 5.82 Å². The summed E-state index contributed by atoms with van der Waals surface area (Å²) in [6, 6.07) is 5.93. The van der Waals surface area contributed by atoms with Crippen LogP contribution in [0.25, 0.3) is 0 Å². The van der Waals surface area contributed by atoms with E-state index >= 15 is 0 Å². The minimum Gasteiger partial charge on any atom is -0.496 e. The van der Waals surface area contributed by atoms with Crippen molar-refractivity contribution in [3.8, 4) is 5.75 Å². The summed E-state index contributed by atoms with van der Waals surface area (Å²) < 4.78 is 18.7. The normalized spacial score (nSPS) is 21.1. The number of methoxy groups -OCH3 is 1. The zero-order valence-corrected chi connectivity index (χ0v) is 13.7. The van der Waals surface area contributed by atoms with Crippen molar-refractivity contribution in [3.63, 3.8) is 0 Å². The van der Waals surface area contributed by atoms with Gasteiger partial charge in [-0.3, -0.25) is 14.5 Å². The number of carbonyl (C=O) groups excluding carboxylic acids is 2. The average molecular weight is 333 g/mol. The highest BCUT2D eigenvalue weighted by atomic mass is 32.1. The molecule has 23 heavy (non-hydrogen) atoms. The van der Waals surface area contributed by atoms with E-state index in [9.17, 15) is 14.0 Å². The lowest BCUT2D eigenvalue weighted by molar-refractivity contribution is -0.140. The Kier molecular flexibility index (Phi) is 3.93. The van der Waals surface area contributed by atoms with Crippen LogP contribution >= 0.6 is 11.3 Å². The zero-order chi connectivity index (χ0) is 16.6. The first-order valence-electron chi connectivity index (χ1n) is 7.15. The van der Waals surface area contributed by atoms with E-state index in [2.05, 4.69) is 0 Å². The van der Waals surface area contributed by atoms with Crippen molar-refractivity contribution in [2.45, 2.75) is 25.3 Å². The second kappa shape index (κ2) is 5.77. The Morgan fingerprint density at radius 2 is 2.13 bits per heavy atom. The van der Waals surface area contributed by atoms with E-state index in [-0.39, 0.29) is 24.8 Å². The number of carbonyl (C=O) groups is 2. The molecule has 0 spiro atoms. The van der Waals surface area contributed by atoms with Crippen LogP contribution in [0.4, 0.5) is 4.39 Å². The van der Waals surface area contributed by atoms with Gasteiger partial charge in [-0.1, -0.05) is 0 Å². The second-order valence-corrected chi connectivity index (χ2v) is 6.54. The molecule has 1 fully saturated rings. The minimum atomic E-state index is -0.850. The molecule has 0 unspecified atom stereocenters. The molecule has 1 aromatic heterocycles. The number of likely N-dealkylation sites (tertiary alicyclic amines) is 1. The first kappa shape index (κ1) is 15.7. The molecule has 120 valence electrons. The molecule has 2 amide bonds. The summed E-state index contributed by atoms with van der Waals surface area (Å²) in [6.07, 6.45) is 0.125. The lowest BCUT2D eigenvalue weighted by Crippen LogP contribution is -2.36. The number of halogens is 1. The van der Waals surface area contributed by atoms with E-state index in [1.54, 1.807) is 6.92 Å². The number of ether oxygens (including phenoxy) is 1. The van der Waals surface area contributed by atoms with Crippen LogP contribution in [-0.4, -0.2) is 23.8 Å². The molecule has 0 radical (unpaired) electrons. The number of hydrogen-bond acceptors (Lipinski definition) is 4. The molecule has 1 aromatic carbocycles. The Morgan fingerprint density at radius 3 is 2.78 bits per heavy atom. The molecule has 0 saturated carbocycles. The van der Waals surface area contributed by atoms with Crippen LogP contribution in [0.15, 0.2) is 35.0 Å². The van der Waals surface area contributed by atoms with Gasteiger partial charge >= 0.3 is 0 Å². The molecule has 0 bridgehead atoms. The molecule has 0 aliphatic carbocycles. The number of nitrogens with zero attached hydrogens (tertiary/aromatic N) is 1. The highest BCUT2D eigenvalue weighted by molar-refractivity contribution is 7.08. The summed E-state index contributed by atoms with van der Waals surface area (Å²) in [7, 11) is 1.47. The van der Waals surface area contributed by atoms with Crippen molar-refractivity contribution < 1.29 is 18.7 Å². The van der Waals surface area contributed by atoms with Crippen molar-refractivity contribution >= 4 is 23.2 Å². The lowest BCUT2D eigenvalue weighted by atomic mass is 9.83. The predicted octanol–water partition coefficient (Wildman–Crippen LogP) is 3.11. The maximum Gasteiger partial charge on any atom is 0.240 e. The van der Waals surface area contributed by atoms with Crippen LogP contribution in [0.3, 0.4) is 0 Å². The molecule has 1 atom stereocenters. The van der Waals surface area contributed by atoms with E-state index in [1.165, 1.54) is 41.5 Å². The summed E-state index contributed by atoms with van der Waals surface area (Å²) in [5.74, 6) is -0.487. The highest BCUT2D eigenvalue weighted by Gasteiger charge is 2.49. The maximum absolute atomic E-state index is 13.5. The fourth-order valence-corrected chi connectivity index (χ4v) is 3.68. The first-order valence-corrected chi connectivity index (χ1v) is 8.10. The molecular formula is C17H16FNO3S. The van der Waals surface area contributed by atoms with E-state index < -0.39 is 11.2 Å². The van der Waals surface area contributed by atoms with Crippen LogP contribution in [0.5, 0.6) is 5.75 Å². The van der Waals surface area contributed by atoms with Gasteiger partial charge in [0.15, 0.2) is 0 Å². The van der Waals surface area contributed by atoms with Crippen LogP contribution in [0.1, 0.15) is 24.5 Å². The van der Waals surface area contributed by atoms with Gasteiger partial charge in [-0.15, -0.1) is 0 Å². The predicted molar refractivity (Wildman–Crippen MR) is 84.8 cm³/mol. The van der Waals surface area contributed by atoms with Gasteiger partial charge in [-0.2, -0.15) is 11.3 Å². The van der Waals surface area contributed by atoms with Crippen molar-refractivity contribution in [3.05, 3.63) is 52.0 Å². The minimum absolute atomic E-state index is 0.0122. The third kappa shape index (κ3) is 2.63. The van der Waals surface area contributed by atoms with Gasteiger partial charge < -0.3 is 4.74 Å². The molecule has 2 heterocycles. The summed E-state index contributed by atoms with van der Waals surface area (Å²) in [5, 5.41) is 3.77. The summed E-state index contributed by atoms with van der Waals surface area (Å²) in [5.41, 5.74) is 0.468. The number of benzene rings is 1. The molecule has 4 nitrogen and oxygen atoms in total. The maximum atomic E-state index is 13.5. The van der Waals surface area contributed by atoms with Gasteiger partial charge in [0, 0.05) is 12.0 Å². The van der Waals surface area contributed by atoms with E-state index in [0.29, 0.717) is 11.3 Å². The monoisotopic (exact) mass is 333 g/mol.